The van der Waals surface area contributed by atoms with Crippen LogP contribution in [0.15, 0.2) is 18.2 Å². The van der Waals surface area contributed by atoms with Crippen molar-refractivity contribution in [2.75, 3.05) is 12.4 Å². The predicted molar refractivity (Wildman–Crippen MR) is 62.9 cm³/mol. The van der Waals surface area contributed by atoms with Gasteiger partial charge in [-0.25, -0.2) is 4.79 Å². The number of methoxy groups -OCH3 is 1. The molecule has 1 aromatic rings. The second-order valence-corrected chi connectivity index (χ2v) is 3.62. The average Bonchev–Trinajstić information content (AvgIpc) is 2.30. The summed E-state index contributed by atoms with van der Waals surface area (Å²) in [5, 5.41) is 13.6. The number of aryl methyl sites for hydroxylation is 1. The van der Waals surface area contributed by atoms with Gasteiger partial charge in [-0.1, -0.05) is 12.1 Å². The molecule has 0 aliphatic heterocycles. The fraction of sp³-hybridized carbons (Fsp3) is 0.364. The van der Waals surface area contributed by atoms with Crippen LogP contribution in [0.5, 0.6) is 0 Å². The number of carbonyl (C=O) groups is 1. The van der Waals surface area contributed by atoms with E-state index in [2.05, 4.69) is 10.1 Å². The third-order valence-electron chi connectivity index (χ3n) is 2.36. The quantitative estimate of drug-likeness (QED) is 0.492. The van der Waals surface area contributed by atoms with E-state index in [1.165, 1.54) is 13.2 Å². The van der Waals surface area contributed by atoms with Crippen LogP contribution in [-0.2, 0) is 9.53 Å². The fourth-order valence-corrected chi connectivity index (χ4v) is 1.44. The minimum atomic E-state index is -0.639. The van der Waals surface area contributed by atoms with Crippen molar-refractivity contribution in [3.05, 3.63) is 33.9 Å². The monoisotopic (exact) mass is 238 g/mol. The van der Waals surface area contributed by atoms with E-state index in [1.807, 2.05) is 0 Å². The molecule has 1 unspecified atom stereocenters. The first-order chi connectivity index (χ1) is 7.97. The Labute approximate surface area is 98.7 Å². The number of carbonyl (C=O) groups excluding carboxylic acids is 1. The molecule has 0 heterocycles. The predicted octanol–water partition coefficient (Wildman–Crippen LogP) is 1.88. The van der Waals surface area contributed by atoms with E-state index in [0.717, 1.165) is 0 Å². The number of nitrogens with one attached hydrogen (secondary N) is 1. The van der Waals surface area contributed by atoms with Crippen LogP contribution in [0.25, 0.3) is 0 Å². The molecule has 6 heteroatoms. The van der Waals surface area contributed by atoms with Crippen LogP contribution in [0.1, 0.15) is 12.5 Å². The maximum atomic E-state index is 11.3. The molecule has 1 aromatic carbocycles. The van der Waals surface area contributed by atoms with Gasteiger partial charge in [0.1, 0.15) is 11.7 Å². The SMILES string of the molecule is COC(=O)C(C)Nc1c(C)cccc1[N+](=O)[O-]. The van der Waals surface area contributed by atoms with Gasteiger partial charge in [-0.05, 0) is 19.4 Å². The van der Waals surface area contributed by atoms with Gasteiger partial charge in [0, 0.05) is 6.07 Å². The zero-order valence-electron chi connectivity index (χ0n) is 9.89. The van der Waals surface area contributed by atoms with Crippen molar-refractivity contribution in [3.8, 4) is 0 Å². The third kappa shape index (κ3) is 2.93. The summed E-state index contributed by atoms with van der Waals surface area (Å²) in [4.78, 5) is 21.6. The normalized spacial score (nSPS) is 11.7. The Morgan fingerprint density at radius 2 is 2.18 bits per heavy atom. The van der Waals surface area contributed by atoms with Gasteiger partial charge in [-0.3, -0.25) is 10.1 Å². The van der Waals surface area contributed by atoms with Crippen LogP contribution in [-0.4, -0.2) is 24.0 Å². The zero-order chi connectivity index (χ0) is 13.0. The van der Waals surface area contributed by atoms with Crippen LogP contribution in [0.4, 0.5) is 11.4 Å². The van der Waals surface area contributed by atoms with Gasteiger partial charge in [-0.2, -0.15) is 0 Å². The van der Waals surface area contributed by atoms with Crippen LogP contribution in [0, 0.1) is 17.0 Å². The highest BCUT2D eigenvalue weighted by Gasteiger charge is 2.20. The molecule has 1 N–H and O–H groups in total. The molecule has 0 amide bonds. The molecule has 0 spiro atoms. The minimum absolute atomic E-state index is 0.0549. The summed E-state index contributed by atoms with van der Waals surface area (Å²) in [6, 6.07) is 4.08. The molecule has 17 heavy (non-hydrogen) atoms. The molecule has 1 rings (SSSR count). The summed E-state index contributed by atoms with van der Waals surface area (Å²) in [5.74, 6) is -0.470. The van der Waals surface area contributed by atoms with E-state index in [9.17, 15) is 14.9 Å². The van der Waals surface area contributed by atoms with Gasteiger partial charge in [0.05, 0.1) is 12.0 Å². The van der Waals surface area contributed by atoms with Crippen LogP contribution in [0.3, 0.4) is 0 Å². The number of rotatable bonds is 4. The second-order valence-electron chi connectivity index (χ2n) is 3.62. The zero-order valence-corrected chi connectivity index (χ0v) is 9.89. The molecule has 0 aromatic heterocycles. The molecule has 6 nitrogen and oxygen atoms in total. The van der Waals surface area contributed by atoms with Crippen molar-refractivity contribution in [1.82, 2.24) is 0 Å². The highest BCUT2D eigenvalue weighted by atomic mass is 16.6. The van der Waals surface area contributed by atoms with Crippen LogP contribution >= 0.6 is 0 Å². The summed E-state index contributed by atoms with van der Waals surface area (Å²) in [5.41, 5.74) is 0.992. The number of nitro benzene ring substituents is 1. The molecular formula is C11H14N2O4. The fourth-order valence-electron chi connectivity index (χ4n) is 1.44. The van der Waals surface area contributed by atoms with E-state index in [0.29, 0.717) is 11.3 Å². The first kappa shape index (κ1) is 13.0. The lowest BCUT2D eigenvalue weighted by Crippen LogP contribution is -2.27. The number of hydrogen-bond donors (Lipinski definition) is 1. The van der Waals surface area contributed by atoms with E-state index >= 15 is 0 Å². The first-order valence-corrected chi connectivity index (χ1v) is 5.05. The molecule has 0 aliphatic rings. The Morgan fingerprint density at radius 1 is 1.53 bits per heavy atom. The van der Waals surface area contributed by atoms with Crippen molar-refractivity contribution in [2.24, 2.45) is 0 Å². The standard InChI is InChI=1S/C11H14N2O4/c1-7-5-4-6-9(13(15)16)10(7)12-8(2)11(14)17-3/h4-6,8,12H,1-3H3. The van der Waals surface area contributed by atoms with Crippen molar-refractivity contribution in [2.45, 2.75) is 19.9 Å². The average molecular weight is 238 g/mol. The van der Waals surface area contributed by atoms with E-state index in [4.69, 9.17) is 0 Å². The number of esters is 1. The van der Waals surface area contributed by atoms with E-state index in [-0.39, 0.29) is 5.69 Å². The summed E-state index contributed by atoms with van der Waals surface area (Å²) in [6.07, 6.45) is 0. The van der Waals surface area contributed by atoms with Crippen molar-refractivity contribution < 1.29 is 14.5 Å². The Hall–Kier alpha value is -2.11. The Kier molecular flexibility index (Phi) is 4.03. The number of para-hydroxylation sites is 1. The number of nitro groups is 1. The molecule has 0 radical (unpaired) electrons. The minimum Gasteiger partial charge on any atom is -0.467 e. The Morgan fingerprint density at radius 3 is 2.71 bits per heavy atom. The lowest BCUT2D eigenvalue weighted by atomic mass is 10.1. The van der Waals surface area contributed by atoms with Gasteiger partial charge in [0.2, 0.25) is 0 Å². The maximum absolute atomic E-state index is 11.3. The van der Waals surface area contributed by atoms with Crippen molar-refractivity contribution in [3.63, 3.8) is 0 Å². The number of nitrogens with zero attached hydrogens (tertiary/aromatic N) is 1. The summed E-state index contributed by atoms with van der Waals surface area (Å²) in [6.45, 7) is 3.32. The number of ether oxygens (including phenoxy) is 1. The van der Waals surface area contributed by atoms with Crippen molar-refractivity contribution >= 4 is 17.3 Å². The lowest BCUT2D eigenvalue weighted by molar-refractivity contribution is -0.384. The van der Waals surface area contributed by atoms with Crippen LogP contribution < -0.4 is 5.32 Å². The van der Waals surface area contributed by atoms with Gasteiger partial charge >= 0.3 is 5.97 Å². The molecule has 0 aliphatic carbocycles. The largest absolute Gasteiger partial charge is 0.467 e. The van der Waals surface area contributed by atoms with E-state index in [1.54, 1.807) is 26.0 Å². The topological polar surface area (TPSA) is 81.5 Å². The number of anilines is 1. The maximum Gasteiger partial charge on any atom is 0.327 e. The molecule has 0 saturated heterocycles. The van der Waals surface area contributed by atoms with Crippen molar-refractivity contribution in [1.29, 1.82) is 0 Å². The smallest absolute Gasteiger partial charge is 0.327 e. The summed E-state index contributed by atoms with van der Waals surface area (Å²) >= 11 is 0. The van der Waals surface area contributed by atoms with E-state index < -0.39 is 16.9 Å². The summed E-state index contributed by atoms with van der Waals surface area (Å²) < 4.78 is 4.55. The first-order valence-electron chi connectivity index (χ1n) is 5.05. The van der Waals surface area contributed by atoms with Crippen LogP contribution in [0.2, 0.25) is 0 Å². The van der Waals surface area contributed by atoms with Gasteiger partial charge in [-0.15, -0.1) is 0 Å². The molecule has 0 bridgehead atoms. The molecule has 1 atom stereocenters. The summed E-state index contributed by atoms with van der Waals surface area (Å²) in [7, 11) is 1.27. The highest BCUT2D eigenvalue weighted by molar-refractivity contribution is 5.80. The molecular weight excluding hydrogens is 224 g/mol. The van der Waals surface area contributed by atoms with Gasteiger partial charge < -0.3 is 10.1 Å². The molecule has 0 fully saturated rings. The lowest BCUT2D eigenvalue weighted by Gasteiger charge is -2.14. The second kappa shape index (κ2) is 5.29. The third-order valence-corrected chi connectivity index (χ3v) is 2.36. The number of benzene rings is 1. The van der Waals surface area contributed by atoms with Gasteiger partial charge in [0.15, 0.2) is 0 Å². The highest BCUT2D eigenvalue weighted by Crippen LogP contribution is 2.28. The molecule has 0 saturated carbocycles. The Bertz CT molecular complexity index is 445. The van der Waals surface area contributed by atoms with Gasteiger partial charge in [0.25, 0.3) is 5.69 Å². The Balaban J connectivity index is 3.05. The molecule has 92 valence electrons. The number of hydrogen-bond acceptors (Lipinski definition) is 5.